The van der Waals surface area contributed by atoms with Crippen molar-refractivity contribution in [3.05, 3.63) is 23.8 Å². The maximum absolute atomic E-state index is 11.3. The number of nitrogens with zero attached hydrogens (tertiary/aromatic N) is 6. The van der Waals surface area contributed by atoms with Crippen molar-refractivity contribution in [3.63, 3.8) is 0 Å². The van der Waals surface area contributed by atoms with E-state index in [9.17, 15) is 4.79 Å². The summed E-state index contributed by atoms with van der Waals surface area (Å²) in [5.74, 6) is 0. The van der Waals surface area contributed by atoms with Crippen LogP contribution in [0.25, 0.3) is 16.4 Å². The van der Waals surface area contributed by atoms with Crippen LogP contribution in [-0.2, 0) is 9.63 Å². The Hall–Kier alpha value is -2.10. The van der Waals surface area contributed by atoms with E-state index in [-0.39, 0.29) is 6.04 Å². The molecule has 2 aromatic heterocycles. The number of likely N-dealkylation sites (N-methyl/N-ethyl adjacent to an activating group) is 1. The van der Waals surface area contributed by atoms with Gasteiger partial charge in [-0.2, -0.15) is 0 Å². The van der Waals surface area contributed by atoms with Crippen molar-refractivity contribution in [3.8, 4) is 10.7 Å². The van der Waals surface area contributed by atoms with Crippen molar-refractivity contribution >= 4 is 23.4 Å². The Morgan fingerprint density at radius 3 is 2.71 bits per heavy atom. The molecule has 1 aliphatic heterocycles. The highest BCUT2D eigenvalue weighted by atomic mass is 32.1. The minimum Gasteiger partial charge on any atom is -0.298 e. The molecule has 0 saturated carbocycles. The Morgan fingerprint density at radius 2 is 2.11 bits per heavy atom. The molecular formula is C19H32N6O2S. The molecule has 28 heavy (non-hydrogen) atoms. The molecule has 9 heteroatoms. The monoisotopic (exact) mass is 408 g/mol. The fourth-order valence-corrected chi connectivity index (χ4v) is 3.13. The van der Waals surface area contributed by atoms with Gasteiger partial charge in [0.15, 0.2) is 0 Å². The first kappa shape index (κ1) is 23.9. The molecule has 1 atom stereocenters. The zero-order chi connectivity index (χ0) is 20.9. The first-order valence-electron chi connectivity index (χ1n) is 9.79. The lowest BCUT2D eigenvalue weighted by molar-refractivity contribution is -0.182. The predicted molar refractivity (Wildman–Crippen MR) is 114 cm³/mol. The van der Waals surface area contributed by atoms with E-state index in [0.29, 0.717) is 13.2 Å². The number of aromatic nitrogens is 4. The maximum atomic E-state index is 11.3. The van der Waals surface area contributed by atoms with E-state index in [4.69, 9.17) is 4.84 Å². The van der Waals surface area contributed by atoms with Crippen LogP contribution in [0.5, 0.6) is 0 Å². The number of rotatable bonds is 7. The average Bonchev–Trinajstić information content (AvgIpc) is 3.43. The van der Waals surface area contributed by atoms with E-state index in [1.54, 1.807) is 10.9 Å². The van der Waals surface area contributed by atoms with Crippen LogP contribution in [0.2, 0.25) is 0 Å². The quantitative estimate of drug-likeness (QED) is 0.516. The summed E-state index contributed by atoms with van der Waals surface area (Å²) in [5, 5.41) is 12.5. The number of amides is 1. The van der Waals surface area contributed by atoms with E-state index >= 15 is 0 Å². The molecule has 0 bridgehead atoms. The SMILES string of the molecule is CC.CC.CCCON(C=O)C1C=C(n2cc(-c3nccs3)nn2)CN(C)C1. The lowest BCUT2D eigenvalue weighted by Crippen LogP contribution is -2.45. The van der Waals surface area contributed by atoms with Gasteiger partial charge in [-0.3, -0.25) is 14.5 Å². The Bertz CT molecular complexity index is 701. The van der Waals surface area contributed by atoms with Crippen LogP contribution < -0.4 is 0 Å². The molecule has 3 rings (SSSR count). The van der Waals surface area contributed by atoms with E-state index in [1.165, 1.54) is 16.4 Å². The Balaban J connectivity index is 0.000000921. The molecule has 0 spiro atoms. The number of carbonyl (C=O) groups excluding carboxylic acids is 1. The highest BCUT2D eigenvalue weighted by Gasteiger charge is 2.25. The van der Waals surface area contributed by atoms with Gasteiger partial charge in [-0.15, -0.1) is 16.4 Å². The topological polar surface area (TPSA) is 76.4 Å². The van der Waals surface area contributed by atoms with Crippen LogP contribution in [0, 0.1) is 0 Å². The van der Waals surface area contributed by atoms with E-state index in [0.717, 1.165) is 35.8 Å². The summed E-state index contributed by atoms with van der Waals surface area (Å²) in [6.45, 7) is 11.9. The second-order valence-corrected chi connectivity index (χ2v) is 6.50. The summed E-state index contributed by atoms with van der Waals surface area (Å²) >= 11 is 1.52. The molecule has 3 heterocycles. The Labute approximate surface area is 171 Å². The number of carbonyl (C=O) groups is 1. The van der Waals surface area contributed by atoms with Gasteiger partial charge in [0.25, 0.3) is 0 Å². The highest BCUT2D eigenvalue weighted by molar-refractivity contribution is 7.13. The summed E-state index contributed by atoms with van der Waals surface area (Å²) < 4.78 is 1.74. The van der Waals surface area contributed by atoms with E-state index in [1.807, 2.05) is 59.3 Å². The van der Waals surface area contributed by atoms with Gasteiger partial charge in [0.2, 0.25) is 6.41 Å². The number of hydroxylamine groups is 2. The smallest absolute Gasteiger partial charge is 0.233 e. The number of hydrogen-bond acceptors (Lipinski definition) is 7. The average molecular weight is 409 g/mol. The molecule has 0 fully saturated rings. The molecule has 0 N–H and O–H groups in total. The minimum absolute atomic E-state index is 0.157. The Kier molecular flexibility index (Phi) is 11.2. The zero-order valence-electron chi connectivity index (χ0n) is 17.7. The molecule has 8 nitrogen and oxygen atoms in total. The van der Waals surface area contributed by atoms with Crippen molar-refractivity contribution in [1.82, 2.24) is 29.9 Å². The highest BCUT2D eigenvalue weighted by Crippen LogP contribution is 2.21. The summed E-state index contributed by atoms with van der Waals surface area (Å²) in [6.07, 6.45) is 7.19. The van der Waals surface area contributed by atoms with Crippen molar-refractivity contribution in [2.75, 3.05) is 26.7 Å². The largest absolute Gasteiger partial charge is 0.298 e. The molecule has 1 amide bonds. The molecule has 2 aromatic rings. The van der Waals surface area contributed by atoms with Gasteiger partial charge in [-0.1, -0.05) is 39.8 Å². The third-order valence-electron chi connectivity index (χ3n) is 3.63. The second-order valence-electron chi connectivity index (χ2n) is 5.61. The maximum Gasteiger partial charge on any atom is 0.233 e. The van der Waals surface area contributed by atoms with Crippen LogP contribution in [0.15, 0.2) is 23.8 Å². The second kappa shape index (κ2) is 13.1. The van der Waals surface area contributed by atoms with E-state index in [2.05, 4.69) is 20.2 Å². The van der Waals surface area contributed by atoms with Gasteiger partial charge in [0.1, 0.15) is 10.7 Å². The Morgan fingerprint density at radius 1 is 1.36 bits per heavy atom. The van der Waals surface area contributed by atoms with Gasteiger partial charge in [-0.05, 0) is 19.5 Å². The van der Waals surface area contributed by atoms with Gasteiger partial charge >= 0.3 is 0 Å². The summed E-state index contributed by atoms with van der Waals surface area (Å²) in [7, 11) is 2.00. The van der Waals surface area contributed by atoms with Crippen molar-refractivity contribution in [2.45, 2.75) is 47.1 Å². The summed E-state index contributed by atoms with van der Waals surface area (Å²) in [6, 6.07) is -0.157. The lowest BCUT2D eigenvalue weighted by Gasteiger charge is -2.33. The van der Waals surface area contributed by atoms with Gasteiger partial charge in [0, 0.05) is 24.7 Å². The van der Waals surface area contributed by atoms with Crippen molar-refractivity contribution in [1.29, 1.82) is 0 Å². The molecule has 1 aliphatic rings. The molecule has 0 aromatic carbocycles. The van der Waals surface area contributed by atoms with Crippen molar-refractivity contribution in [2.24, 2.45) is 0 Å². The lowest BCUT2D eigenvalue weighted by atomic mass is 10.1. The van der Waals surface area contributed by atoms with Crippen LogP contribution in [-0.4, -0.2) is 69.1 Å². The van der Waals surface area contributed by atoms with Crippen LogP contribution in [0.3, 0.4) is 0 Å². The molecule has 1 unspecified atom stereocenters. The third kappa shape index (κ3) is 6.50. The molecule has 0 saturated heterocycles. The summed E-state index contributed by atoms with van der Waals surface area (Å²) in [5.41, 5.74) is 1.70. The van der Waals surface area contributed by atoms with Crippen LogP contribution in [0.1, 0.15) is 41.0 Å². The molecule has 0 radical (unpaired) electrons. The van der Waals surface area contributed by atoms with Crippen molar-refractivity contribution < 1.29 is 9.63 Å². The molecular weight excluding hydrogens is 376 g/mol. The van der Waals surface area contributed by atoms with Crippen LogP contribution >= 0.6 is 11.3 Å². The first-order valence-corrected chi connectivity index (χ1v) is 10.7. The molecule has 156 valence electrons. The normalized spacial score (nSPS) is 16.2. The predicted octanol–water partition coefficient (Wildman–Crippen LogP) is 3.41. The zero-order valence-corrected chi connectivity index (χ0v) is 18.5. The van der Waals surface area contributed by atoms with Gasteiger partial charge in [-0.25, -0.2) is 14.7 Å². The van der Waals surface area contributed by atoms with Crippen LogP contribution in [0.4, 0.5) is 0 Å². The third-order valence-corrected chi connectivity index (χ3v) is 4.43. The van der Waals surface area contributed by atoms with Gasteiger partial charge in [0.05, 0.1) is 24.5 Å². The molecule has 0 aliphatic carbocycles. The fourth-order valence-electron chi connectivity index (χ4n) is 2.54. The standard InChI is InChI=1S/C15H20N6O2S.2C2H6/c1-3-5-23-21(11-22)13-7-12(8-19(2)9-13)20-10-14(17-18-20)15-16-4-6-24-15;2*1-2/h4,6-7,10-11,13H,3,5,8-9H2,1-2H3;2*1-2H3. The fraction of sp³-hybridized carbons (Fsp3) is 0.579. The van der Waals surface area contributed by atoms with E-state index < -0.39 is 0 Å². The number of thiazole rings is 1. The summed E-state index contributed by atoms with van der Waals surface area (Å²) in [4.78, 5) is 23.2. The minimum atomic E-state index is -0.157. The first-order chi connectivity index (χ1) is 13.7. The number of hydrogen-bond donors (Lipinski definition) is 0. The van der Waals surface area contributed by atoms with Gasteiger partial charge < -0.3 is 0 Å².